The number of rotatable bonds is 4. The van der Waals surface area contributed by atoms with Crippen LogP contribution in [-0.4, -0.2) is 43.8 Å². The number of hydrogen-bond donors (Lipinski definition) is 0. The summed E-state index contributed by atoms with van der Waals surface area (Å²) in [5.74, 6) is 2.03. The van der Waals surface area contributed by atoms with Crippen molar-refractivity contribution in [2.24, 2.45) is 9.98 Å². The number of fused-ring (bicyclic) bond motifs is 12. The fourth-order valence-electron chi connectivity index (χ4n) is 11.3. The Labute approximate surface area is 359 Å². The van der Waals surface area contributed by atoms with Crippen LogP contribution in [0.25, 0.3) is 55.3 Å². The summed E-state index contributed by atoms with van der Waals surface area (Å²) in [6.07, 6.45) is 7.96. The fraction of sp³-hybridized carbons (Fsp3) is 0.273. The molecule has 0 saturated carbocycles. The highest BCUT2D eigenvalue weighted by molar-refractivity contribution is 6.06. The lowest BCUT2D eigenvalue weighted by Gasteiger charge is -2.41. The molecule has 0 unspecified atom stereocenters. The lowest BCUT2D eigenvalue weighted by molar-refractivity contribution is 0.338. The highest BCUT2D eigenvalue weighted by Crippen LogP contribution is 2.64. The van der Waals surface area contributed by atoms with Crippen LogP contribution in [0.4, 0.5) is 11.4 Å². The monoisotopic (exact) mass is 796 g/mol. The van der Waals surface area contributed by atoms with E-state index in [0.29, 0.717) is 0 Å². The minimum Gasteiger partial charge on any atom is -0.321 e. The Morgan fingerprint density at radius 1 is 0.426 bits per heavy atom. The third-order valence-corrected chi connectivity index (χ3v) is 15.3. The zero-order valence-corrected chi connectivity index (χ0v) is 36.9. The number of anilines is 2. The van der Waals surface area contributed by atoms with Crippen molar-refractivity contribution >= 4 is 33.8 Å². The standard InChI is InChI=1S/C55H52N6/c1-33-58-51(3,4)53(7,8)60(33)40-26-38(29-56-31-40)35-19-22-42-37(25-35)21-24-46-45-23-20-36(39-27-41(32-57-30-39)61-34(2)59-52(5,6)54(61,9)10)28-49(45)55(50(42)46)47-17-13-11-15-43(47)44-16-12-14-18-48(44)55/h11-32H,1-10H3. The molecule has 4 aliphatic rings. The SMILES string of the molecule is CC1=NC(C)(C)C(C)(C)N1c1cncc(-c2ccc3c(c2)C2(c4ccccc4-c4ccccc42)c2c-3ccc3cc(-c4cncc(N5C(C)=NC(C)(C)C5(C)C)c4)ccc23)c1. The van der Waals surface area contributed by atoms with Crippen LogP contribution in [0.5, 0.6) is 0 Å². The van der Waals surface area contributed by atoms with Gasteiger partial charge in [0.05, 0.1) is 51.3 Å². The van der Waals surface area contributed by atoms with Gasteiger partial charge in [0.15, 0.2) is 0 Å². The molecular weight excluding hydrogens is 745 g/mol. The lowest BCUT2D eigenvalue weighted by atomic mass is 9.69. The van der Waals surface area contributed by atoms with Crippen molar-refractivity contribution in [2.75, 3.05) is 9.80 Å². The van der Waals surface area contributed by atoms with Crippen LogP contribution in [0, 0.1) is 0 Å². The number of aliphatic imine (C=N–C) groups is 2. The van der Waals surface area contributed by atoms with Crippen LogP contribution >= 0.6 is 0 Å². The molecule has 0 fully saturated rings. The topological polar surface area (TPSA) is 57.0 Å². The molecule has 0 bridgehead atoms. The normalized spacial score (nSPS) is 19.1. The number of hydrogen-bond acceptors (Lipinski definition) is 6. The number of benzene rings is 5. The molecule has 6 nitrogen and oxygen atoms in total. The number of nitrogens with zero attached hydrogens (tertiary/aromatic N) is 6. The van der Waals surface area contributed by atoms with Gasteiger partial charge in [0.2, 0.25) is 0 Å². The van der Waals surface area contributed by atoms with E-state index in [4.69, 9.17) is 20.0 Å². The molecule has 5 aromatic carbocycles. The first-order chi connectivity index (χ1) is 29.1. The van der Waals surface area contributed by atoms with Crippen molar-refractivity contribution < 1.29 is 0 Å². The molecule has 2 aliphatic heterocycles. The summed E-state index contributed by atoms with van der Waals surface area (Å²) in [5.41, 5.74) is 15.7. The zero-order chi connectivity index (χ0) is 42.4. The van der Waals surface area contributed by atoms with Gasteiger partial charge in [0.1, 0.15) is 11.7 Å². The molecule has 4 heterocycles. The molecule has 0 N–H and O–H groups in total. The summed E-state index contributed by atoms with van der Waals surface area (Å²) in [5, 5.41) is 2.47. The highest BCUT2D eigenvalue weighted by Gasteiger charge is 2.53. The Kier molecular flexibility index (Phi) is 7.61. The van der Waals surface area contributed by atoms with Crippen LogP contribution in [-0.2, 0) is 5.41 Å². The van der Waals surface area contributed by atoms with E-state index in [1.807, 2.05) is 24.8 Å². The van der Waals surface area contributed by atoms with Crippen LogP contribution in [0.1, 0.15) is 91.5 Å². The van der Waals surface area contributed by atoms with Crippen molar-refractivity contribution in [3.05, 3.63) is 156 Å². The Bertz CT molecular complexity index is 3040. The van der Waals surface area contributed by atoms with Crippen LogP contribution in [0.3, 0.4) is 0 Å². The van der Waals surface area contributed by atoms with Crippen LogP contribution in [0.2, 0.25) is 0 Å². The summed E-state index contributed by atoms with van der Waals surface area (Å²) < 4.78 is 0. The van der Waals surface area contributed by atoms with Crippen LogP contribution in [0.15, 0.2) is 144 Å². The van der Waals surface area contributed by atoms with Gasteiger partial charge in [-0.05, 0) is 160 Å². The molecule has 302 valence electrons. The first kappa shape index (κ1) is 37.6. The maximum absolute atomic E-state index is 5.08. The van der Waals surface area contributed by atoms with E-state index >= 15 is 0 Å². The van der Waals surface area contributed by atoms with Gasteiger partial charge in [-0.1, -0.05) is 84.9 Å². The minimum atomic E-state index is -0.517. The molecule has 2 aliphatic carbocycles. The fourth-order valence-corrected chi connectivity index (χ4v) is 11.3. The Hall–Kier alpha value is -6.40. The lowest BCUT2D eigenvalue weighted by Crippen LogP contribution is -2.53. The van der Waals surface area contributed by atoms with Crippen molar-refractivity contribution in [3.8, 4) is 44.5 Å². The molecule has 6 heteroatoms. The molecule has 0 saturated heterocycles. The third kappa shape index (κ3) is 4.90. The largest absolute Gasteiger partial charge is 0.321 e. The first-order valence-electron chi connectivity index (χ1n) is 21.6. The molecule has 0 radical (unpaired) electrons. The van der Waals surface area contributed by atoms with Gasteiger partial charge in [0, 0.05) is 23.5 Å². The molecule has 11 rings (SSSR count). The predicted molar refractivity (Wildman–Crippen MR) is 254 cm³/mol. The third-order valence-electron chi connectivity index (χ3n) is 15.3. The van der Waals surface area contributed by atoms with E-state index in [9.17, 15) is 0 Å². The second-order valence-corrected chi connectivity index (χ2v) is 19.6. The number of amidine groups is 2. The van der Waals surface area contributed by atoms with E-state index < -0.39 is 5.41 Å². The zero-order valence-electron chi connectivity index (χ0n) is 36.9. The Morgan fingerprint density at radius 2 is 0.902 bits per heavy atom. The Balaban J connectivity index is 1.09. The van der Waals surface area contributed by atoms with Gasteiger partial charge >= 0.3 is 0 Å². The van der Waals surface area contributed by atoms with E-state index in [-0.39, 0.29) is 22.2 Å². The first-order valence-corrected chi connectivity index (χ1v) is 21.6. The minimum absolute atomic E-state index is 0.201. The molecule has 2 aromatic heterocycles. The van der Waals surface area contributed by atoms with Crippen molar-refractivity contribution in [1.82, 2.24) is 9.97 Å². The molecule has 1 spiro atoms. The highest BCUT2D eigenvalue weighted by atomic mass is 15.3. The van der Waals surface area contributed by atoms with Crippen molar-refractivity contribution in [3.63, 3.8) is 0 Å². The van der Waals surface area contributed by atoms with Crippen molar-refractivity contribution in [1.29, 1.82) is 0 Å². The molecule has 7 aromatic rings. The predicted octanol–water partition coefficient (Wildman–Crippen LogP) is 12.9. The maximum Gasteiger partial charge on any atom is 0.102 e. The quantitative estimate of drug-likeness (QED) is 0.178. The van der Waals surface area contributed by atoms with Gasteiger partial charge in [-0.3, -0.25) is 20.0 Å². The molecule has 0 atom stereocenters. The smallest absolute Gasteiger partial charge is 0.102 e. The maximum atomic E-state index is 5.08. The average molecular weight is 797 g/mol. The Morgan fingerprint density at radius 3 is 1.43 bits per heavy atom. The molecular formula is C55H52N6. The summed E-state index contributed by atoms with van der Waals surface area (Å²) >= 11 is 0. The average Bonchev–Trinajstić information content (AvgIpc) is 3.81. The second-order valence-electron chi connectivity index (χ2n) is 19.6. The summed E-state index contributed by atoms with van der Waals surface area (Å²) in [7, 11) is 0. The summed E-state index contributed by atoms with van der Waals surface area (Å²) in [4.78, 5) is 24.5. The van der Waals surface area contributed by atoms with Crippen LogP contribution < -0.4 is 9.80 Å². The summed E-state index contributed by atoms with van der Waals surface area (Å²) in [6, 6.07) is 41.5. The van der Waals surface area contributed by atoms with E-state index in [2.05, 4.69) is 188 Å². The van der Waals surface area contributed by atoms with Gasteiger partial charge in [0.25, 0.3) is 0 Å². The van der Waals surface area contributed by atoms with E-state index in [0.717, 1.165) is 45.3 Å². The van der Waals surface area contributed by atoms with E-state index in [1.165, 1.54) is 55.3 Å². The second kappa shape index (κ2) is 12.3. The van der Waals surface area contributed by atoms with E-state index in [1.54, 1.807) is 0 Å². The van der Waals surface area contributed by atoms with Gasteiger partial charge in [-0.15, -0.1) is 0 Å². The van der Waals surface area contributed by atoms with Gasteiger partial charge in [-0.25, -0.2) is 0 Å². The summed E-state index contributed by atoms with van der Waals surface area (Å²) in [6.45, 7) is 22.2. The number of pyridine rings is 2. The van der Waals surface area contributed by atoms with Crippen molar-refractivity contribution in [2.45, 2.75) is 96.8 Å². The van der Waals surface area contributed by atoms with Gasteiger partial charge < -0.3 is 9.80 Å². The molecule has 0 amide bonds. The molecule has 61 heavy (non-hydrogen) atoms. The van der Waals surface area contributed by atoms with Gasteiger partial charge in [-0.2, -0.15) is 0 Å². The number of aromatic nitrogens is 2.